The minimum atomic E-state index is -0.323. The van der Waals surface area contributed by atoms with Crippen molar-refractivity contribution in [1.82, 2.24) is 0 Å². The Hall–Kier alpha value is -2.75. The number of allylic oxidation sites excluding steroid dienone is 5. The maximum atomic E-state index is 13.5. The zero-order valence-corrected chi connectivity index (χ0v) is 19.2. The standard InChI is InChI=1S/C26H32N2O2/c1-8-12-21-22(24(30)28(27-21)18-13-10-9-11-14-18)17-15-19(25(2,3)4)23(29)20(16-17)26(5,6)7/h9-11,13-16H,8,12H2,1-7H3. The van der Waals surface area contributed by atoms with Crippen LogP contribution in [0.2, 0.25) is 0 Å². The van der Waals surface area contributed by atoms with Crippen molar-refractivity contribution in [2.45, 2.75) is 61.3 Å². The number of benzene rings is 1. The van der Waals surface area contributed by atoms with Crippen LogP contribution in [-0.4, -0.2) is 17.4 Å². The molecular formula is C26H32N2O2. The van der Waals surface area contributed by atoms with E-state index in [1.807, 2.05) is 84.0 Å². The van der Waals surface area contributed by atoms with Crippen molar-refractivity contribution in [2.75, 3.05) is 5.01 Å². The molecule has 0 fully saturated rings. The second-order valence-corrected chi connectivity index (χ2v) is 10.0. The van der Waals surface area contributed by atoms with Crippen LogP contribution in [0.3, 0.4) is 0 Å². The smallest absolute Gasteiger partial charge is 0.281 e. The van der Waals surface area contributed by atoms with E-state index in [2.05, 4.69) is 12.0 Å². The third kappa shape index (κ3) is 4.09. The Kier molecular flexibility index (Phi) is 5.72. The van der Waals surface area contributed by atoms with Crippen molar-refractivity contribution in [3.63, 3.8) is 0 Å². The first-order valence-corrected chi connectivity index (χ1v) is 10.7. The van der Waals surface area contributed by atoms with Crippen molar-refractivity contribution in [1.29, 1.82) is 0 Å². The van der Waals surface area contributed by atoms with Crippen LogP contribution in [0.5, 0.6) is 0 Å². The molecular weight excluding hydrogens is 372 g/mol. The highest BCUT2D eigenvalue weighted by Crippen LogP contribution is 2.40. The molecule has 30 heavy (non-hydrogen) atoms. The molecule has 0 radical (unpaired) electrons. The third-order valence-electron chi connectivity index (χ3n) is 5.40. The minimum Gasteiger partial charge on any atom is -0.289 e. The summed E-state index contributed by atoms with van der Waals surface area (Å²) in [4.78, 5) is 26.8. The van der Waals surface area contributed by atoms with Gasteiger partial charge in [0.05, 0.1) is 17.0 Å². The predicted molar refractivity (Wildman–Crippen MR) is 123 cm³/mol. The van der Waals surface area contributed by atoms with Gasteiger partial charge in [0.15, 0.2) is 5.78 Å². The number of para-hydroxylation sites is 1. The van der Waals surface area contributed by atoms with Crippen LogP contribution in [0, 0.1) is 10.8 Å². The number of amides is 1. The van der Waals surface area contributed by atoms with Gasteiger partial charge >= 0.3 is 0 Å². The fourth-order valence-electron chi connectivity index (χ4n) is 3.78. The molecule has 0 saturated heterocycles. The van der Waals surface area contributed by atoms with Gasteiger partial charge in [-0.2, -0.15) is 10.1 Å². The molecule has 0 N–H and O–H groups in total. The molecule has 3 rings (SSSR count). The number of carbonyl (C=O) groups excluding carboxylic acids is 2. The van der Waals surface area contributed by atoms with Crippen LogP contribution in [-0.2, 0) is 9.59 Å². The number of hydrazone groups is 1. The van der Waals surface area contributed by atoms with E-state index in [1.54, 1.807) is 0 Å². The Bertz CT molecular complexity index is 958. The van der Waals surface area contributed by atoms with Gasteiger partial charge in [-0.05, 0) is 47.1 Å². The number of Topliss-reactive ketones (excluding diaryl/α,β-unsaturated/α-hetero) is 1. The Morgan fingerprint density at radius 2 is 1.40 bits per heavy atom. The molecule has 1 amide bonds. The summed E-state index contributed by atoms with van der Waals surface area (Å²) in [5, 5.41) is 6.16. The highest BCUT2D eigenvalue weighted by Gasteiger charge is 2.38. The van der Waals surface area contributed by atoms with Crippen molar-refractivity contribution in [3.05, 3.63) is 64.8 Å². The van der Waals surface area contributed by atoms with E-state index in [0.29, 0.717) is 12.0 Å². The summed E-state index contributed by atoms with van der Waals surface area (Å²) < 4.78 is 0. The average Bonchev–Trinajstić information content (AvgIpc) is 2.97. The maximum absolute atomic E-state index is 13.5. The molecule has 1 heterocycles. The van der Waals surface area contributed by atoms with Crippen LogP contribution in [0.1, 0.15) is 61.3 Å². The number of carbonyl (C=O) groups is 2. The average molecular weight is 405 g/mol. The minimum absolute atomic E-state index is 0.0682. The molecule has 0 spiro atoms. The van der Waals surface area contributed by atoms with Gasteiger partial charge in [-0.1, -0.05) is 73.1 Å². The predicted octanol–water partition coefficient (Wildman–Crippen LogP) is 6.01. The number of anilines is 1. The summed E-state index contributed by atoms with van der Waals surface area (Å²) >= 11 is 0. The second kappa shape index (κ2) is 7.82. The van der Waals surface area contributed by atoms with Gasteiger partial charge in [-0.25, -0.2) is 0 Å². The first-order valence-electron chi connectivity index (χ1n) is 10.7. The zero-order valence-electron chi connectivity index (χ0n) is 19.2. The van der Waals surface area contributed by atoms with Gasteiger partial charge < -0.3 is 0 Å². The molecule has 4 nitrogen and oxygen atoms in total. The topological polar surface area (TPSA) is 49.7 Å². The molecule has 2 aliphatic rings. The van der Waals surface area contributed by atoms with Gasteiger partial charge in [0.2, 0.25) is 0 Å². The summed E-state index contributed by atoms with van der Waals surface area (Å²) in [5.74, 6) is -0.0679. The molecule has 0 atom stereocenters. The number of hydrogen-bond donors (Lipinski definition) is 0. The quantitative estimate of drug-likeness (QED) is 0.579. The molecule has 0 unspecified atom stereocenters. The molecule has 0 aromatic heterocycles. The molecule has 0 bridgehead atoms. The van der Waals surface area contributed by atoms with Crippen LogP contribution in [0.15, 0.2) is 69.9 Å². The van der Waals surface area contributed by atoms with Crippen molar-refractivity contribution in [2.24, 2.45) is 15.9 Å². The molecule has 158 valence electrons. The van der Waals surface area contributed by atoms with E-state index in [1.165, 1.54) is 5.01 Å². The SMILES string of the molecule is CCCC1=NN(c2ccccc2)C(=O)C1=C1C=C(C(C)(C)C)C(=O)C(C(C)(C)C)=C1. The number of ketones is 1. The molecule has 1 aliphatic heterocycles. The van der Waals surface area contributed by atoms with Gasteiger partial charge in [0.1, 0.15) is 0 Å². The van der Waals surface area contributed by atoms with Crippen LogP contribution in [0.25, 0.3) is 0 Å². The lowest BCUT2D eigenvalue weighted by Crippen LogP contribution is -2.29. The number of nitrogens with zero attached hydrogens (tertiary/aromatic N) is 2. The lowest BCUT2D eigenvalue weighted by atomic mass is 9.71. The molecule has 1 aromatic carbocycles. The second-order valence-electron chi connectivity index (χ2n) is 10.0. The Morgan fingerprint density at radius 1 is 0.867 bits per heavy atom. The van der Waals surface area contributed by atoms with Crippen molar-refractivity contribution >= 4 is 23.1 Å². The van der Waals surface area contributed by atoms with Crippen LogP contribution in [0.4, 0.5) is 5.69 Å². The normalized spacial score (nSPS) is 18.0. The van der Waals surface area contributed by atoms with Crippen LogP contribution < -0.4 is 5.01 Å². The van der Waals surface area contributed by atoms with Gasteiger partial charge in [0.25, 0.3) is 5.91 Å². The van der Waals surface area contributed by atoms with Gasteiger partial charge in [0, 0.05) is 11.1 Å². The van der Waals surface area contributed by atoms with Crippen LogP contribution >= 0.6 is 0 Å². The lowest BCUT2D eigenvalue weighted by Gasteiger charge is -2.31. The van der Waals surface area contributed by atoms with E-state index in [-0.39, 0.29) is 22.5 Å². The lowest BCUT2D eigenvalue weighted by molar-refractivity contribution is -0.115. The van der Waals surface area contributed by atoms with E-state index in [0.717, 1.165) is 34.5 Å². The first-order chi connectivity index (χ1) is 13.9. The highest BCUT2D eigenvalue weighted by molar-refractivity contribution is 6.31. The van der Waals surface area contributed by atoms with Crippen molar-refractivity contribution < 1.29 is 9.59 Å². The maximum Gasteiger partial charge on any atom is 0.281 e. The number of hydrogen-bond acceptors (Lipinski definition) is 3. The molecule has 1 aliphatic carbocycles. The highest BCUT2D eigenvalue weighted by atomic mass is 16.2. The Labute approximate surface area is 180 Å². The summed E-state index contributed by atoms with van der Waals surface area (Å²) in [7, 11) is 0. The fourth-order valence-corrected chi connectivity index (χ4v) is 3.78. The van der Waals surface area contributed by atoms with E-state index in [9.17, 15) is 9.59 Å². The van der Waals surface area contributed by atoms with Crippen molar-refractivity contribution in [3.8, 4) is 0 Å². The number of rotatable bonds is 3. The van der Waals surface area contributed by atoms with E-state index >= 15 is 0 Å². The molecule has 0 saturated carbocycles. The zero-order chi connectivity index (χ0) is 22.3. The van der Waals surface area contributed by atoms with Gasteiger partial charge in [-0.15, -0.1) is 0 Å². The molecule has 1 aromatic rings. The fraction of sp³-hybridized carbons (Fsp3) is 0.423. The summed E-state index contributed by atoms with van der Waals surface area (Å²) in [6.45, 7) is 14.3. The summed E-state index contributed by atoms with van der Waals surface area (Å²) in [6.07, 6.45) is 5.41. The largest absolute Gasteiger partial charge is 0.289 e. The summed E-state index contributed by atoms with van der Waals surface area (Å²) in [5.41, 5.74) is 3.76. The van der Waals surface area contributed by atoms with E-state index < -0.39 is 0 Å². The molecule has 4 heteroatoms. The monoisotopic (exact) mass is 404 g/mol. The van der Waals surface area contributed by atoms with E-state index in [4.69, 9.17) is 0 Å². The van der Waals surface area contributed by atoms with Gasteiger partial charge in [-0.3, -0.25) is 9.59 Å². The summed E-state index contributed by atoms with van der Waals surface area (Å²) in [6, 6.07) is 9.49. The Balaban J connectivity index is 2.24. The first kappa shape index (κ1) is 21.9. The Morgan fingerprint density at radius 3 is 1.87 bits per heavy atom. The third-order valence-corrected chi connectivity index (χ3v) is 5.40.